The van der Waals surface area contributed by atoms with E-state index in [1.54, 1.807) is 24.3 Å². The number of esters is 1. The molecule has 6 heteroatoms. The summed E-state index contributed by atoms with van der Waals surface area (Å²) in [5.41, 5.74) is 2.87. The lowest BCUT2D eigenvalue weighted by molar-refractivity contribution is -0.129. The summed E-state index contributed by atoms with van der Waals surface area (Å²) in [5, 5.41) is 8.65. The number of methoxy groups -OCH3 is 1. The highest BCUT2D eigenvalue weighted by Crippen LogP contribution is 2.30. The molecule has 1 heterocycles. The molecular formula is C23H22N2O4. The van der Waals surface area contributed by atoms with Gasteiger partial charge in [-0.1, -0.05) is 39.0 Å². The molecule has 2 aromatic carbocycles. The monoisotopic (exact) mass is 390 g/mol. The van der Waals surface area contributed by atoms with Gasteiger partial charge in [-0.15, -0.1) is 0 Å². The third-order valence-electron chi connectivity index (χ3n) is 4.40. The van der Waals surface area contributed by atoms with Gasteiger partial charge in [0.15, 0.2) is 23.8 Å². The zero-order valence-corrected chi connectivity index (χ0v) is 16.9. The van der Waals surface area contributed by atoms with E-state index in [1.807, 2.05) is 30.3 Å². The lowest BCUT2D eigenvalue weighted by atomic mass is 9.87. The van der Waals surface area contributed by atoms with E-state index in [2.05, 4.69) is 25.8 Å². The van der Waals surface area contributed by atoms with Crippen molar-refractivity contribution in [2.24, 2.45) is 4.99 Å². The third kappa shape index (κ3) is 4.64. The van der Waals surface area contributed by atoms with Crippen molar-refractivity contribution in [3.8, 4) is 17.6 Å². The van der Waals surface area contributed by atoms with E-state index in [0.29, 0.717) is 17.1 Å². The van der Waals surface area contributed by atoms with Gasteiger partial charge in [0.2, 0.25) is 5.90 Å². The van der Waals surface area contributed by atoms with Crippen molar-refractivity contribution in [3.63, 3.8) is 0 Å². The van der Waals surface area contributed by atoms with Crippen LogP contribution in [0.25, 0.3) is 6.08 Å². The Bertz CT molecular complexity index is 1020. The molecule has 3 rings (SSSR count). The van der Waals surface area contributed by atoms with Gasteiger partial charge in [-0.05, 0) is 46.9 Å². The van der Waals surface area contributed by atoms with Crippen LogP contribution in [0.2, 0.25) is 0 Å². The molecule has 148 valence electrons. The molecule has 0 aromatic heterocycles. The molecule has 0 N–H and O–H groups in total. The topological polar surface area (TPSA) is 80.9 Å². The summed E-state index contributed by atoms with van der Waals surface area (Å²) in [5.74, 6) is 0.683. The highest BCUT2D eigenvalue weighted by Gasteiger charge is 2.24. The van der Waals surface area contributed by atoms with Crippen LogP contribution in [0.5, 0.6) is 11.5 Å². The van der Waals surface area contributed by atoms with Gasteiger partial charge in [0.1, 0.15) is 6.07 Å². The highest BCUT2D eigenvalue weighted by molar-refractivity contribution is 6.12. The molecule has 29 heavy (non-hydrogen) atoms. The Morgan fingerprint density at radius 1 is 1.14 bits per heavy atom. The lowest BCUT2D eigenvalue weighted by Gasteiger charge is -2.18. The molecule has 0 unspecified atom stereocenters. The van der Waals surface area contributed by atoms with Gasteiger partial charge in [0.05, 0.1) is 7.11 Å². The number of hydrogen-bond acceptors (Lipinski definition) is 6. The van der Waals surface area contributed by atoms with Crippen molar-refractivity contribution < 1.29 is 19.0 Å². The number of rotatable bonds is 5. The summed E-state index contributed by atoms with van der Waals surface area (Å²) in [4.78, 5) is 16.6. The van der Waals surface area contributed by atoms with E-state index in [-0.39, 0.29) is 23.6 Å². The Morgan fingerprint density at radius 2 is 1.86 bits per heavy atom. The molecule has 0 radical (unpaired) electrons. The van der Waals surface area contributed by atoms with E-state index >= 15 is 0 Å². The van der Waals surface area contributed by atoms with E-state index in [9.17, 15) is 4.79 Å². The predicted octanol–water partition coefficient (Wildman–Crippen LogP) is 4.24. The maximum atomic E-state index is 12.3. The Kier molecular flexibility index (Phi) is 5.69. The largest absolute Gasteiger partial charge is 0.493 e. The Hall–Kier alpha value is -3.59. The maximum absolute atomic E-state index is 12.3. The highest BCUT2D eigenvalue weighted by atomic mass is 16.6. The van der Waals surface area contributed by atoms with Gasteiger partial charge >= 0.3 is 5.97 Å². The van der Waals surface area contributed by atoms with Crippen molar-refractivity contribution in [3.05, 3.63) is 64.9 Å². The van der Waals surface area contributed by atoms with Crippen LogP contribution < -0.4 is 9.47 Å². The summed E-state index contributed by atoms with van der Waals surface area (Å²) < 4.78 is 15.9. The van der Waals surface area contributed by atoms with Crippen LogP contribution in [-0.2, 0) is 14.9 Å². The Labute approximate surface area is 170 Å². The Balaban J connectivity index is 1.86. The second kappa shape index (κ2) is 8.19. The normalized spacial score (nSPS) is 14.9. The molecule has 0 saturated heterocycles. The fourth-order valence-electron chi connectivity index (χ4n) is 2.81. The molecule has 0 spiro atoms. The summed E-state index contributed by atoms with van der Waals surface area (Å²) >= 11 is 0. The van der Waals surface area contributed by atoms with Crippen molar-refractivity contribution in [1.29, 1.82) is 5.26 Å². The summed E-state index contributed by atoms with van der Waals surface area (Å²) in [6.07, 6.45) is 1.62. The molecule has 1 aliphatic rings. The van der Waals surface area contributed by atoms with Crippen molar-refractivity contribution >= 4 is 17.9 Å². The SMILES string of the molecule is COc1cc(/C=C2\N=C(c3ccc(C(C)(C)C)cc3)OC2=O)ccc1OCC#N. The van der Waals surface area contributed by atoms with Gasteiger partial charge < -0.3 is 14.2 Å². The van der Waals surface area contributed by atoms with E-state index in [4.69, 9.17) is 19.5 Å². The third-order valence-corrected chi connectivity index (χ3v) is 4.40. The number of cyclic esters (lactones) is 1. The zero-order valence-electron chi connectivity index (χ0n) is 16.9. The van der Waals surface area contributed by atoms with Crippen molar-refractivity contribution in [1.82, 2.24) is 0 Å². The van der Waals surface area contributed by atoms with Crippen LogP contribution in [0.4, 0.5) is 0 Å². The second-order valence-corrected chi connectivity index (χ2v) is 7.52. The Morgan fingerprint density at radius 3 is 2.48 bits per heavy atom. The number of nitriles is 1. The van der Waals surface area contributed by atoms with Crippen molar-refractivity contribution in [2.75, 3.05) is 13.7 Å². The van der Waals surface area contributed by atoms with Crippen LogP contribution in [0.15, 0.2) is 53.2 Å². The molecule has 0 bridgehead atoms. The maximum Gasteiger partial charge on any atom is 0.363 e. The van der Waals surface area contributed by atoms with Crippen molar-refractivity contribution in [2.45, 2.75) is 26.2 Å². The minimum absolute atomic E-state index is 0.0416. The summed E-state index contributed by atoms with van der Waals surface area (Å²) in [6, 6.07) is 14.9. The fourth-order valence-corrected chi connectivity index (χ4v) is 2.81. The van der Waals surface area contributed by atoms with Crippen LogP contribution in [-0.4, -0.2) is 25.6 Å². The first-order valence-electron chi connectivity index (χ1n) is 9.13. The number of carbonyl (C=O) groups excluding carboxylic acids is 1. The number of benzene rings is 2. The van der Waals surface area contributed by atoms with Gasteiger partial charge in [0.25, 0.3) is 0 Å². The molecule has 6 nitrogen and oxygen atoms in total. The first-order chi connectivity index (χ1) is 13.8. The zero-order chi connectivity index (χ0) is 21.0. The number of nitrogens with zero attached hydrogens (tertiary/aromatic N) is 2. The molecule has 0 atom stereocenters. The minimum atomic E-state index is -0.510. The minimum Gasteiger partial charge on any atom is -0.493 e. The van der Waals surface area contributed by atoms with Gasteiger partial charge in [0, 0.05) is 5.56 Å². The van der Waals surface area contributed by atoms with Crippen LogP contribution in [0.1, 0.15) is 37.5 Å². The van der Waals surface area contributed by atoms with Crippen LogP contribution in [0.3, 0.4) is 0 Å². The second-order valence-electron chi connectivity index (χ2n) is 7.52. The summed E-state index contributed by atoms with van der Waals surface area (Å²) in [7, 11) is 1.51. The van der Waals surface area contributed by atoms with Crippen LogP contribution in [0, 0.1) is 11.3 Å². The lowest BCUT2D eigenvalue weighted by Crippen LogP contribution is -2.11. The smallest absolute Gasteiger partial charge is 0.363 e. The molecular weight excluding hydrogens is 368 g/mol. The number of aliphatic imine (C=N–C) groups is 1. The molecule has 0 aliphatic carbocycles. The van der Waals surface area contributed by atoms with Crippen LogP contribution >= 0.6 is 0 Å². The number of hydrogen-bond donors (Lipinski definition) is 0. The molecule has 0 fully saturated rings. The van der Waals surface area contributed by atoms with Gasteiger partial charge in [-0.2, -0.15) is 5.26 Å². The average molecular weight is 390 g/mol. The average Bonchev–Trinajstić information content (AvgIpc) is 3.06. The van der Waals surface area contributed by atoms with E-state index in [0.717, 1.165) is 5.56 Å². The van der Waals surface area contributed by atoms with Gasteiger partial charge in [-0.25, -0.2) is 9.79 Å². The molecule has 0 saturated carbocycles. The molecule has 1 aliphatic heterocycles. The van der Waals surface area contributed by atoms with E-state index < -0.39 is 5.97 Å². The first-order valence-corrected chi connectivity index (χ1v) is 9.13. The van der Waals surface area contributed by atoms with E-state index in [1.165, 1.54) is 12.7 Å². The quantitative estimate of drug-likeness (QED) is 0.563. The summed E-state index contributed by atoms with van der Waals surface area (Å²) in [6.45, 7) is 6.34. The molecule has 2 aromatic rings. The first kappa shape index (κ1) is 20.2. The predicted molar refractivity (Wildman–Crippen MR) is 110 cm³/mol. The standard InChI is InChI=1S/C23H22N2O4/c1-23(2,3)17-8-6-16(7-9-17)21-25-18(22(26)29-21)13-15-5-10-19(28-12-11-24)20(14-15)27-4/h5-10,13-14H,12H2,1-4H3/b18-13-. The number of carbonyl (C=O) groups is 1. The number of ether oxygens (including phenoxy) is 3. The molecule has 0 amide bonds. The van der Waals surface area contributed by atoms with Gasteiger partial charge in [-0.3, -0.25) is 0 Å². The fraction of sp³-hybridized carbons (Fsp3) is 0.261.